The highest BCUT2D eigenvalue weighted by Gasteiger charge is 2.39. The number of carboxylic acids is 1. The first-order valence-corrected chi connectivity index (χ1v) is 8.92. The molecule has 2 atom stereocenters. The van der Waals surface area contributed by atoms with Gasteiger partial charge < -0.3 is 14.7 Å². The van der Waals surface area contributed by atoms with E-state index in [1.165, 1.54) is 27.2 Å². The Morgan fingerprint density at radius 2 is 1.65 bits per heavy atom. The molecule has 0 bridgehead atoms. The standard InChI is InChI=1S/C21H21NO4/c1-13-14(20(23)24)10-11-22(13)21(25)26-12-19-17-8-4-2-6-15(17)16-7-3-5-9-18(16)19/h2-9,13-14,19H,10-12H2,1H3,(H,23,24)/t13-,14+/m1/s1. The number of carbonyl (C=O) groups is 2. The lowest BCUT2D eigenvalue weighted by atomic mass is 9.98. The van der Waals surface area contributed by atoms with E-state index in [0.717, 1.165) is 0 Å². The van der Waals surface area contributed by atoms with E-state index >= 15 is 0 Å². The molecule has 0 spiro atoms. The molecule has 1 aliphatic carbocycles. The number of ether oxygens (including phenoxy) is 1. The minimum atomic E-state index is -0.855. The molecule has 1 N–H and O–H groups in total. The van der Waals surface area contributed by atoms with Crippen molar-refractivity contribution in [2.75, 3.05) is 13.2 Å². The molecule has 5 heteroatoms. The molecule has 1 aliphatic heterocycles. The number of amides is 1. The van der Waals surface area contributed by atoms with E-state index in [-0.39, 0.29) is 18.6 Å². The summed E-state index contributed by atoms with van der Waals surface area (Å²) in [6.45, 7) is 2.45. The fourth-order valence-corrected chi connectivity index (χ4v) is 4.20. The molecule has 2 aromatic carbocycles. The Balaban J connectivity index is 1.50. The summed E-state index contributed by atoms with van der Waals surface area (Å²) in [6.07, 6.45) is 0.0452. The van der Waals surface area contributed by atoms with Crippen LogP contribution < -0.4 is 0 Å². The third-order valence-corrected chi connectivity index (χ3v) is 5.64. The van der Waals surface area contributed by atoms with Crippen molar-refractivity contribution >= 4 is 12.1 Å². The van der Waals surface area contributed by atoms with Crippen LogP contribution in [0.5, 0.6) is 0 Å². The van der Waals surface area contributed by atoms with E-state index < -0.39 is 18.0 Å². The summed E-state index contributed by atoms with van der Waals surface area (Å²) < 4.78 is 5.62. The fraction of sp³-hybridized carbons (Fsp3) is 0.333. The fourth-order valence-electron chi connectivity index (χ4n) is 4.20. The smallest absolute Gasteiger partial charge is 0.410 e. The summed E-state index contributed by atoms with van der Waals surface area (Å²) in [5.74, 6) is -1.36. The molecule has 1 amide bonds. The molecule has 26 heavy (non-hydrogen) atoms. The summed E-state index contributed by atoms with van der Waals surface area (Å²) in [6, 6.07) is 16.0. The molecular weight excluding hydrogens is 330 g/mol. The molecule has 5 nitrogen and oxygen atoms in total. The van der Waals surface area contributed by atoms with Crippen molar-refractivity contribution in [1.82, 2.24) is 4.90 Å². The monoisotopic (exact) mass is 351 g/mol. The van der Waals surface area contributed by atoms with Crippen molar-refractivity contribution in [3.05, 3.63) is 59.7 Å². The zero-order chi connectivity index (χ0) is 18.3. The lowest BCUT2D eigenvalue weighted by Crippen LogP contribution is -2.38. The van der Waals surface area contributed by atoms with Crippen molar-refractivity contribution < 1.29 is 19.4 Å². The quantitative estimate of drug-likeness (QED) is 0.915. The molecule has 134 valence electrons. The Labute approximate surface area is 152 Å². The second-order valence-corrected chi connectivity index (χ2v) is 6.97. The van der Waals surface area contributed by atoms with Crippen molar-refractivity contribution in [2.24, 2.45) is 5.92 Å². The van der Waals surface area contributed by atoms with Crippen molar-refractivity contribution in [3.63, 3.8) is 0 Å². The van der Waals surface area contributed by atoms with Gasteiger partial charge in [-0.2, -0.15) is 0 Å². The largest absolute Gasteiger partial charge is 0.481 e. The van der Waals surface area contributed by atoms with Gasteiger partial charge >= 0.3 is 12.1 Å². The maximum Gasteiger partial charge on any atom is 0.410 e. The SMILES string of the molecule is C[C@@H]1[C@@H](C(=O)O)CCN1C(=O)OCC1c2ccccc2-c2ccccc21. The lowest BCUT2D eigenvalue weighted by molar-refractivity contribution is -0.142. The Hall–Kier alpha value is -2.82. The van der Waals surface area contributed by atoms with Crippen LogP contribution in [0.4, 0.5) is 4.79 Å². The number of likely N-dealkylation sites (tertiary alicyclic amines) is 1. The predicted molar refractivity (Wildman–Crippen MR) is 97.0 cm³/mol. The average Bonchev–Trinajstić information content (AvgIpc) is 3.18. The maximum atomic E-state index is 12.5. The first-order chi connectivity index (χ1) is 12.6. The topological polar surface area (TPSA) is 66.8 Å². The van der Waals surface area contributed by atoms with Crippen LogP contribution in [0.2, 0.25) is 0 Å². The van der Waals surface area contributed by atoms with E-state index in [1.54, 1.807) is 6.92 Å². The third kappa shape index (κ3) is 2.64. The van der Waals surface area contributed by atoms with Gasteiger partial charge in [0.05, 0.1) is 5.92 Å². The number of hydrogen-bond acceptors (Lipinski definition) is 3. The van der Waals surface area contributed by atoms with E-state index in [1.807, 2.05) is 24.3 Å². The number of hydrogen-bond donors (Lipinski definition) is 1. The van der Waals surface area contributed by atoms with E-state index in [4.69, 9.17) is 4.74 Å². The second kappa shape index (κ2) is 6.48. The van der Waals surface area contributed by atoms with Crippen molar-refractivity contribution in [1.29, 1.82) is 0 Å². The summed E-state index contributed by atoms with van der Waals surface area (Å²) >= 11 is 0. The summed E-state index contributed by atoms with van der Waals surface area (Å²) in [5.41, 5.74) is 4.70. The van der Waals surface area contributed by atoms with Crippen molar-refractivity contribution in [3.8, 4) is 11.1 Å². The Morgan fingerprint density at radius 3 is 2.19 bits per heavy atom. The van der Waals surface area contributed by atoms with Gasteiger partial charge in [0.2, 0.25) is 0 Å². The van der Waals surface area contributed by atoms with Gasteiger partial charge in [-0.1, -0.05) is 48.5 Å². The van der Waals surface area contributed by atoms with E-state index in [9.17, 15) is 14.7 Å². The maximum absolute atomic E-state index is 12.5. The Bertz CT molecular complexity index is 817. The first kappa shape index (κ1) is 16.6. The molecule has 0 aromatic heterocycles. The summed E-state index contributed by atoms with van der Waals surface area (Å²) in [4.78, 5) is 25.3. The second-order valence-electron chi connectivity index (χ2n) is 6.97. The van der Waals surface area contributed by atoms with Gasteiger partial charge in [0.1, 0.15) is 6.61 Å². The van der Waals surface area contributed by atoms with Crippen LogP contribution in [0.3, 0.4) is 0 Å². The van der Waals surface area contributed by atoms with Crippen LogP contribution in [0.15, 0.2) is 48.5 Å². The first-order valence-electron chi connectivity index (χ1n) is 8.92. The van der Waals surface area contributed by atoms with Crippen LogP contribution in [-0.4, -0.2) is 41.3 Å². The minimum Gasteiger partial charge on any atom is -0.481 e. The molecule has 2 aromatic rings. The molecule has 4 rings (SSSR count). The van der Waals surface area contributed by atoms with Crippen molar-refractivity contribution in [2.45, 2.75) is 25.3 Å². The van der Waals surface area contributed by atoms with Gasteiger partial charge in [0.25, 0.3) is 0 Å². The van der Waals surface area contributed by atoms with Gasteiger partial charge in [-0.25, -0.2) is 4.79 Å². The van der Waals surface area contributed by atoms with Crippen LogP contribution in [0, 0.1) is 5.92 Å². The molecule has 1 heterocycles. The average molecular weight is 351 g/mol. The molecule has 1 fully saturated rings. The van der Waals surface area contributed by atoms with Crippen LogP contribution in [0.1, 0.15) is 30.4 Å². The van der Waals surface area contributed by atoms with Crippen LogP contribution in [0.25, 0.3) is 11.1 Å². The number of carboxylic acid groups (broad SMARTS) is 1. The highest BCUT2D eigenvalue weighted by atomic mass is 16.6. The van der Waals surface area contributed by atoms with Gasteiger partial charge in [-0.15, -0.1) is 0 Å². The van der Waals surface area contributed by atoms with Gasteiger partial charge in [0.15, 0.2) is 0 Å². The summed E-state index contributed by atoms with van der Waals surface area (Å²) in [5, 5.41) is 9.23. The highest BCUT2D eigenvalue weighted by Crippen LogP contribution is 2.44. The van der Waals surface area contributed by atoms with E-state index in [2.05, 4.69) is 24.3 Å². The number of rotatable bonds is 3. The third-order valence-electron chi connectivity index (χ3n) is 5.64. The molecule has 1 saturated heterocycles. The molecular formula is C21H21NO4. The molecule has 0 unspecified atom stereocenters. The van der Waals surface area contributed by atoms with Crippen LogP contribution in [-0.2, 0) is 9.53 Å². The minimum absolute atomic E-state index is 0.0135. The summed E-state index contributed by atoms with van der Waals surface area (Å²) in [7, 11) is 0. The number of fused-ring (bicyclic) bond motifs is 3. The Morgan fingerprint density at radius 1 is 1.08 bits per heavy atom. The highest BCUT2D eigenvalue weighted by molar-refractivity contribution is 5.79. The van der Waals surface area contributed by atoms with Gasteiger partial charge in [0, 0.05) is 18.5 Å². The predicted octanol–water partition coefficient (Wildman–Crippen LogP) is 3.73. The van der Waals surface area contributed by atoms with Crippen LogP contribution >= 0.6 is 0 Å². The zero-order valence-corrected chi connectivity index (χ0v) is 14.6. The zero-order valence-electron chi connectivity index (χ0n) is 14.6. The number of carbonyl (C=O) groups excluding carboxylic acids is 1. The van der Waals surface area contributed by atoms with E-state index in [0.29, 0.717) is 13.0 Å². The molecule has 2 aliphatic rings. The number of aliphatic carboxylic acids is 1. The molecule has 0 saturated carbocycles. The van der Waals surface area contributed by atoms with Gasteiger partial charge in [-0.05, 0) is 35.6 Å². The number of nitrogens with zero attached hydrogens (tertiary/aromatic N) is 1. The lowest BCUT2D eigenvalue weighted by Gasteiger charge is -2.24. The molecule has 0 radical (unpaired) electrons. The Kier molecular flexibility index (Phi) is 4.15. The van der Waals surface area contributed by atoms with Gasteiger partial charge in [-0.3, -0.25) is 4.79 Å². The number of benzene rings is 2. The normalized spacial score (nSPS) is 21.3.